The summed E-state index contributed by atoms with van der Waals surface area (Å²) in [6.45, 7) is 0.780. The minimum atomic E-state index is -0.333. The summed E-state index contributed by atoms with van der Waals surface area (Å²) in [7, 11) is 1.70. The molecule has 1 aromatic carbocycles. The molecule has 0 amide bonds. The highest BCUT2D eigenvalue weighted by Crippen LogP contribution is 2.43. The third kappa shape index (κ3) is 2.78. The van der Waals surface area contributed by atoms with Crippen molar-refractivity contribution in [2.75, 3.05) is 30.5 Å². The van der Waals surface area contributed by atoms with Gasteiger partial charge in [0.2, 0.25) is 0 Å². The highest BCUT2D eigenvalue weighted by atomic mass is 32.2. The van der Waals surface area contributed by atoms with Crippen LogP contribution < -0.4 is 10.6 Å². The molecule has 0 radical (unpaired) electrons. The fourth-order valence-electron chi connectivity index (χ4n) is 2.37. The van der Waals surface area contributed by atoms with Crippen LogP contribution in [0.1, 0.15) is 19.3 Å². The van der Waals surface area contributed by atoms with E-state index >= 15 is 0 Å². The van der Waals surface area contributed by atoms with Gasteiger partial charge in [0.1, 0.15) is 11.4 Å². The van der Waals surface area contributed by atoms with Gasteiger partial charge in [-0.15, -0.1) is 0 Å². The van der Waals surface area contributed by atoms with Gasteiger partial charge in [0.05, 0.1) is 4.92 Å². The Hall–Kier alpha value is -1.43. The Morgan fingerprint density at radius 1 is 1.42 bits per heavy atom. The molecule has 0 atom stereocenters. The van der Waals surface area contributed by atoms with Gasteiger partial charge in [0.15, 0.2) is 0 Å². The minimum absolute atomic E-state index is 0.126. The molecule has 0 unspecified atom stereocenters. The van der Waals surface area contributed by atoms with Crippen molar-refractivity contribution in [3.05, 3.63) is 28.3 Å². The van der Waals surface area contributed by atoms with Crippen LogP contribution in [0.25, 0.3) is 0 Å². The first kappa shape index (κ1) is 14.0. The number of hydrogen-bond acceptors (Lipinski definition) is 5. The predicted octanol–water partition coefficient (Wildman–Crippen LogP) is 3.33. The molecular weight excluding hydrogens is 262 g/mol. The van der Waals surface area contributed by atoms with Gasteiger partial charge in [-0.2, -0.15) is 11.8 Å². The van der Waals surface area contributed by atoms with Gasteiger partial charge in [0, 0.05) is 18.3 Å². The second-order valence-electron chi connectivity index (χ2n) is 4.80. The molecule has 19 heavy (non-hydrogen) atoms. The summed E-state index contributed by atoms with van der Waals surface area (Å²) in [5, 5.41) is 17.3. The van der Waals surface area contributed by atoms with Crippen molar-refractivity contribution < 1.29 is 4.92 Å². The predicted molar refractivity (Wildman–Crippen MR) is 81.2 cm³/mol. The van der Waals surface area contributed by atoms with E-state index < -0.39 is 0 Å². The van der Waals surface area contributed by atoms with Crippen molar-refractivity contribution in [2.24, 2.45) is 0 Å². The molecule has 6 heteroatoms. The zero-order valence-electron chi connectivity index (χ0n) is 11.2. The zero-order chi connectivity index (χ0) is 13.9. The zero-order valence-corrected chi connectivity index (χ0v) is 12.0. The van der Waals surface area contributed by atoms with Crippen LogP contribution in [0, 0.1) is 10.1 Å². The van der Waals surface area contributed by atoms with Crippen molar-refractivity contribution in [3.63, 3.8) is 0 Å². The van der Waals surface area contributed by atoms with Crippen molar-refractivity contribution >= 4 is 28.8 Å². The van der Waals surface area contributed by atoms with Crippen LogP contribution in [0.4, 0.5) is 17.1 Å². The number of thioether (sulfide) groups is 1. The molecule has 1 saturated carbocycles. The normalized spacial score (nSPS) is 16.5. The van der Waals surface area contributed by atoms with Crippen LogP contribution in [0.5, 0.6) is 0 Å². The highest BCUT2D eigenvalue weighted by molar-refractivity contribution is 8.00. The number of anilines is 2. The molecular formula is C13H19N3O2S. The molecule has 0 aliphatic heterocycles. The van der Waals surface area contributed by atoms with Crippen LogP contribution in [-0.2, 0) is 0 Å². The summed E-state index contributed by atoms with van der Waals surface area (Å²) in [4.78, 5) is 10.9. The topological polar surface area (TPSA) is 67.2 Å². The summed E-state index contributed by atoms with van der Waals surface area (Å²) in [6.07, 6.45) is 5.72. The molecule has 0 aromatic heterocycles. The molecule has 0 heterocycles. The maximum absolute atomic E-state index is 11.2. The van der Waals surface area contributed by atoms with E-state index in [1.54, 1.807) is 19.2 Å². The lowest BCUT2D eigenvalue weighted by atomic mass is 9.84. The van der Waals surface area contributed by atoms with Gasteiger partial charge in [0.25, 0.3) is 0 Å². The molecule has 5 nitrogen and oxygen atoms in total. The Labute approximate surface area is 117 Å². The molecule has 0 bridgehead atoms. The average Bonchev–Trinajstić information content (AvgIpc) is 2.37. The molecule has 0 spiro atoms. The quantitative estimate of drug-likeness (QED) is 0.618. The summed E-state index contributed by atoms with van der Waals surface area (Å²) in [5.41, 5.74) is 1.26. The van der Waals surface area contributed by atoms with Gasteiger partial charge >= 0.3 is 5.69 Å². The number of nitrogens with one attached hydrogen (secondary N) is 2. The summed E-state index contributed by atoms with van der Waals surface area (Å²) >= 11 is 1.85. The SMILES string of the molecule is CNc1cccc(NCC2(SC)CCC2)c1[N+](=O)[O-]. The number of benzene rings is 1. The first-order valence-electron chi connectivity index (χ1n) is 6.36. The first-order valence-corrected chi connectivity index (χ1v) is 7.58. The number of nitro groups is 1. The largest absolute Gasteiger partial charge is 0.382 e. The maximum Gasteiger partial charge on any atom is 0.315 e. The Balaban J connectivity index is 2.18. The second-order valence-corrected chi connectivity index (χ2v) is 6.08. The van der Waals surface area contributed by atoms with E-state index in [2.05, 4.69) is 16.9 Å². The fourth-order valence-corrected chi connectivity index (χ4v) is 3.28. The lowest BCUT2D eigenvalue weighted by molar-refractivity contribution is -0.383. The Bertz CT molecular complexity index is 469. The summed E-state index contributed by atoms with van der Waals surface area (Å²) in [6, 6.07) is 5.32. The van der Waals surface area contributed by atoms with E-state index in [4.69, 9.17) is 0 Å². The molecule has 2 rings (SSSR count). The molecule has 1 fully saturated rings. The van der Waals surface area contributed by atoms with E-state index in [0.717, 1.165) is 6.54 Å². The van der Waals surface area contributed by atoms with Crippen LogP contribution in [-0.4, -0.2) is 29.5 Å². The fraction of sp³-hybridized carbons (Fsp3) is 0.538. The van der Waals surface area contributed by atoms with E-state index in [-0.39, 0.29) is 15.4 Å². The standard InChI is InChI=1S/C13H19N3O2S/c1-14-10-5-3-6-11(12(10)16(17)18)15-9-13(19-2)7-4-8-13/h3,5-6,14-15H,4,7-9H2,1-2H3. The third-order valence-electron chi connectivity index (χ3n) is 3.79. The number of nitro benzene ring substituents is 1. The molecule has 0 saturated heterocycles. The van der Waals surface area contributed by atoms with Crippen molar-refractivity contribution in [1.29, 1.82) is 0 Å². The Morgan fingerprint density at radius 2 is 2.11 bits per heavy atom. The molecule has 104 valence electrons. The maximum atomic E-state index is 11.2. The van der Waals surface area contributed by atoms with E-state index in [0.29, 0.717) is 11.4 Å². The highest BCUT2D eigenvalue weighted by Gasteiger charge is 2.36. The lowest BCUT2D eigenvalue weighted by Gasteiger charge is -2.40. The summed E-state index contributed by atoms with van der Waals surface area (Å²) < 4.78 is 0.253. The lowest BCUT2D eigenvalue weighted by Crippen LogP contribution is -2.40. The number of nitrogens with zero attached hydrogens (tertiary/aromatic N) is 1. The van der Waals surface area contributed by atoms with E-state index in [1.807, 2.05) is 17.8 Å². The molecule has 1 aromatic rings. The first-order chi connectivity index (χ1) is 9.12. The van der Waals surface area contributed by atoms with Crippen LogP contribution in [0.2, 0.25) is 0 Å². The van der Waals surface area contributed by atoms with Crippen molar-refractivity contribution in [2.45, 2.75) is 24.0 Å². The molecule has 1 aliphatic rings. The number of para-hydroxylation sites is 1. The van der Waals surface area contributed by atoms with Gasteiger partial charge in [-0.25, -0.2) is 0 Å². The third-order valence-corrected chi connectivity index (χ3v) is 5.21. The van der Waals surface area contributed by atoms with Gasteiger partial charge in [-0.1, -0.05) is 12.5 Å². The van der Waals surface area contributed by atoms with Crippen LogP contribution in [0.15, 0.2) is 18.2 Å². The van der Waals surface area contributed by atoms with E-state index in [1.165, 1.54) is 19.3 Å². The van der Waals surface area contributed by atoms with Crippen molar-refractivity contribution in [3.8, 4) is 0 Å². The van der Waals surface area contributed by atoms with Gasteiger partial charge in [-0.3, -0.25) is 10.1 Å². The monoisotopic (exact) mass is 281 g/mol. The second kappa shape index (κ2) is 5.69. The Morgan fingerprint density at radius 3 is 2.58 bits per heavy atom. The Kier molecular flexibility index (Phi) is 4.19. The van der Waals surface area contributed by atoms with Crippen LogP contribution >= 0.6 is 11.8 Å². The number of hydrogen-bond donors (Lipinski definition) is 2. The molecule has 1 aliphatic carbocycles. The van der Waals surface area contributed by atoms with Gasteiger partial charge < -0.3 is 10.6 Å². The smallest absolute Gasteiger partial charge is 0.315 e. The van der Waals surface area contributed by atoms with Crippen molar-refractivity contribution in [1.82, 2.24) is 0 Å². The minimum Gasteiger partial charge on any atom is -0.382 e. The summed E-state index contributed by atoms with van der Waals surface area (Å²) in [5.74, 6) is 0. The van der Waals surface area contributed by atoms with Crippen LogP contribution in [0.3, 0.4) is 0 Å². The van der Waals surface area contributed by atoms with Gasteiger partial charge in [-0.05, 0) is 31.2 Å². The van der Waals surface area contributed by atoms with E-state index in [9.17, 15) is 10.1 Å². The number of rotatable bonds is 6. The average molecular weight is 281 g/mol. The molecule has 2 N–H and O–H groups in total.